The van der Waals surface area contributed by atoms with Crippen LogP contribution in [0.25, 0.3) is 10.8 Å². The molecule has 0 aromatic heterocycles. The van der Waals surface area contributed by atoms with Crippen LogP contribution in [0.1, 0.15) is 18.4 Å². The second kappa shape index (κ2) is 9.62. The van der Waals surface area contributed by atoms with Crippen molar-refractivity contribution >= 4 is 16.7 Å². The predicted octanol–water partition coefficient (Wildman–Crippen LogP) is 4.50. The fraction of sp³-hybridized carbons (Fsp3) is 0.261. The molecule has 0 aliphatic heterocycles. The van der Waals surface area contributed by atoms with E-state index in [4.69, 9.17) is 9.47 Å². The summed E-state index contributed by atoms with van der Waals surface area (Å²) in [6, 6.07) is 22.0. The van der Waals surface area contributed by atoms with Crippen LogP contribution in [0.3, 0.4) is 0 Å². The Morgan fingerprint density at radius 2 is 1.67 bits per heavy atom. The third-order valence-corrected chi connectivity index (χ3v) is 4.27. The van der Waals surface area contributed by atoms with Gasteiger partial charge in [-0.1, -0.05) is 54.1 Å². The molecule has 3 aromatic rings. The van der Waals surface area contributed by atoms with Crippen molar-refractivity contribution in [3.05, 3.63) is 72.3 Å². The molecule has 0 spiro atoms. The maximum Gasteiger partial charge on any atom is 0.220 e. The van der Waals surface area contributed by atoms with Gasteiger partial charge in [0.2, 0.25) is 5.91 Å². The SMILES string of the molecule is Cc1ccc(OCCCC(=O)NCCOc2cccc3ccccc23)cc1. The van der Waals surface area contributed by atoms with E-state index in [1.165, 1.54) is 5.56 Å². The van der Waals surface area contributed by atoms with Crippen molar-refractivity contribution in [3.63, 3.8) is 0 Å². The minimum absolute atomic E-state index is 0.0176. The second-order valence-electron chi connectivity index (χ2n) is 6.44. The van der Waals surface area contributed by atoms with Crippen LogP contribution in [0.15, 0.2) is 66.7 Å². The maximum absolute atomic E-state index is 11.9. The molecule has 3 aromatic carbocycles. The summed E-state index contributed by atoms with van der Waals surface area (Å²) in [7, 11) is 0. The van der Waals surface area contributed by atoms with E-state index < -0.39 is 0 Å². The molecule has 140 valence electrons. The zero-order chi connectivity index (χ0) is 18.9. The highest BCUT2D eigenvalue weighted by molar-refractivity contribution is 5.88. The van der Waals surface area contributed by atoms with Gasteiger partial charge >= 0.3 is 0 Å². The highest BCUT2D eigenvalue weighted by atomic mass is 16.5. The third kappa shape index (κ3) is 5.74. The molecule has 27 heavy (non-hydrogen) atoms. The van der Waals surface area contributed by atoms with Gasteiger partial charge < -0.3 is 14.8 Å². The number of carbonyl (C=O) groups is 1. The molecule has 0 atom stereocenters. The van der Waals surface area contributed by atoms with Crippen LogP contribution in [0, 0.1) is 6.92 Å². The van der Waals surface area contributed by atoms with E-state index in [0.717, 1.165) is 22.3 Å². The number of amides is 1. The lowest BCUT2D eigenvalue weighted by molar-refractivity contribution is -0.121. The number of nitrogens with one attached hydrogen (secondary N) is 1. The summed E-state index contributed by atoms with van der Waals surface area (Å²) in [6.45, 7) is 3.50. The Hall–Kier alpha value is -3.01. The lowest BCUT2D eigenvalue weighted by atomic mass is 10.1. The second-order valence-corrected chi connectivity index (χ2v) is 6.44. The largest absolute Gasteiger partial charge is 0.494 e. The first-order valence-electron chi connectivity index (χ1n) is 9.29. The Labute approximate surface area is 160 Å². The lowest BCUT2D eigenvalue weighted by Crippen LogP contribution is -2.28. The van der Waals surface area contributed by atoms with E-state index in [2.05, 4.69) is 17.4 Å². The number of ether oxygens (including phenoxy) is 2. The minimum Gasteiger partial charge on any atom is -0.494 e. The quantitative estimate of drug-likeness (QED) is 0.569. The molecule has 0 aliphatic carbocycles. The first-order chi connectivity index (χ1) is 13.2. The predicted molar refractivity (Wildman–Crippen MR) is 108 cm³/mol. The van der Waals surface area contributed by atoms with Gasteiger partial charge in [0.05, 0.1) is 13.2 Å². The van der Waals surface area contributed by atoms with E-state index in [-0.39, 0.29) is 5.91 Å². The lowest BCUT2D eigenvalue weighted by Gasteiger charge is -2.10. The molecular formula is C23H25NO3. The van der Waals surface area contributed by atoms with Crippen molar-refractivity contribution in [2.75, 3.05) is 19.8 Å². The molecule has 0 saturated heterocycles. The van der Waals surface area contributed by atoms with Crippen LogP contribution in [-0.4, -0.2) is 25.7 Å². The van der Waals surface area contributed by atoms with E-state index in [1.54, 1.807) is 0 Å². The molecule has 0 saturated carbocycles. The highest BCUT2D eigenvalue weighted by Gasteiger charge is 2.03. The summed E-state index contributed by atoms with van der Waals surface area (Å²) in [5.41, 5.74) is 1.20. The smallest absolute Gasteiger partial charge is 0.220 e. The monoisotopic (exact) mass is 363 g/mol. The molecule has 0 aliphatic rings. The average Bonchev–Trinajstić information content (AvgIpc) is 2.70. The average molecular weight is 363 g/mol. The summed E-state index contributed by atoms with van der Waals surface area (Å²) in [5.74, 6) is 1.70. The van der Waals surface area contributed by atoms with Crippen molar-refractivity contribution in [2.24, 2.45) is 0 Å². The zero-order valence-electron chi connectivity index (χ0n) is 15.6. The van der Waals surface area contributed by atoms with Crippen LogP contribution in [0.2, 0.25) is 0 Å². The highest BCUT2D eigenvalue weighted by Crippen LogP contribution is 2.24. The number of hydrogen-bond acceptors (Lipinski definition) is 3. The number of aryl methyl sites for hydroxylation is 1. The number of hydrogen-bond donors (Lipinski definition) is 1. The molecule has 1 N–H and O–H groups in total. The zero-order valence-corrected chi connectivity index (χ0v) is 15.6. The summed E-state index contributed by atoms with van der Waals surface area (Å²) in [5, 5.41) is 5.12. The third-order valence-electron chi connectivity index (χ3n) is 4.27. The molecule has 0 unspecified atom stereocenters. The molecule has 3 rings (SSSR count). The van der Waals surface area contributed by atoms with Crippen molar-refractivity contribution in [1.29, 1.82) is 0 Å². The van der Waals surface area contributed by atoms with Gasteiger partial charge in [-0.2, -0.15) is 0 Å². The van der Waals surface area contributed by atoms with Crippen molar-refractivity contribution < 1.29 is 14.3 Å². The summed E-state index contributed by atoms with van der Waals surface area (Å²) in [6.07, 6.45) is 1.13. The van der Waals surface area contributed by atoms with E-state index in [0.29, 0.717) is 32.6 Å². The maximum atomic E-state index is 11.9. The van der Waals surface area contributed by atoms with Crippen LogP contribution in [0.4, 0.5) is 0 Å². The standard InChI is InChI=1S/C23H25NO3/c1-18-11-13-20(14-12-18)26-16-5-10-23(25)24-15-17-27-22-9-4-7-19-6-2-3-8-21(19)22/h2-4,6-9,11-14H,5,10,15-17H2,1H3,(H,24,25). The summed E-state index contributed by atoms with van der Waals surface area (Å²) in [4.78, 5) is 11.9. The van der Waals surface area contributed by atoms with Crippen molar-refractivity contribution in [3.8, 4) is 11.5 Å². The van der Waals surface area contributed by atoms with Crippen LogP contribution in [-0.2, 0) is 4.79 Å². The fourth-order valence-electron chi connectivity index (χ4n) is 2.82. The normalized spacial score (nSPS) is 10.6. The molecule has 1 amide bonds. The van der Waals surface area contributed by atoms with E-state index >= 15 is 0 Å². The topological polar surface area (TPSA) is 47.6 Å². The van der Waals surface area contributed by atoms with Crippen LogP contribution >= 0.6 is 0 Å². The molecule has 0 heterocycles. The summed E-state index contributed by atoms with van der Waals surface area (Å²) >= 11 is 0. The number of carbonyl (C=O) groups excluding carboxylic acids is 1. The number of fused-ring (bicyclic) bond motifs is 1. The Balaban J connectivity index is 1.32. The van der Waals surface area contributed by atoms with Gasteiger partial charge in [0.25, 0.3) is 0 Å². The van der Waals surface area contributed by atoms with Gasteiger partial charge in [0.15, 0.2) is 0 Å². The van der Waals surface area contributed by atoms with Gasteiger partial charge in [-0.15, -0.1) is 0 Å². The van der Waals surface area contributed by atoms with Gasteiger partial charge in [0, 0.05) is 11.8 Å². The number of rotatable bonds is 9. The minimum atomic E-state index is 0.0176. The molecule has 4 nitrogen and oxygen atoms in total. The van der Waals surface area contributed by atoms with Gasteiger partial charge in [-0.3, -0.25) is 4.79 Å². The molecule has 4 heteroatoms. The summed E-state index contributed by atoms with van der Waals surface area (Å²) < 4.78 is 11.5. The molecule has 0 radical (unpaired) electrons. The Morgan fingerprint density at radius 1 is 0.889 bits per heavy atom. The first-order valence-corrected chi connectivity index (χ1v) is 9.29. The first kappa shape index (κ1) is 18.8. The Kier molecular flexibility index (Phi) is 6.69. The molecule has 0 bridgehead atoms. The van der Waals surface area contributed by atoms with Crippen molar-refractivity contribution in [2.45, 2.75) is 19.8 Å². The van der Waals surface area contributed by atoms with Crippen LogP contribution in [0.5, 0.6) is 11.5 Å². The van der Waals surface area contributed by atoms with E-state index in [9.17, 15) is 4.79 Å². The Bertz CT molecular complexity index is 869. The van der Waals surface area contributed by atoms with Gasteiger partial charge in [0.1, 0.15) is 18.1 Å². The Morgan fingerprint density at radius 3 is 2.52 bits per heavy atom. The molecular weight excluding hydrogens is 338 g/mol. The number of benzene rings is 3. The van der Waals surface area contributed by atoms with Gasteiger partial charge in [-0.05, 0) is 36.9 Å². The van der Waals surface area contributed by atoms with Crippen molar-refractivity contribution in [1.82, 2.24) is 5.32 Å². The van der Waals surface area contributed by atoms with Crippen LogP contribution < -0.4 is 14.8 Å². The molecule has 0 fully saturated rings. The van der Waals surface area contributed by atoms with E-state index in [1.807, 2.05) is 61.5 Å². The van der Waals surface area contributed by atoms with Gasteiger partial charge in [-0.25, -0.2) is 0 Å². The fourth-order valence-corrected chi connectivity index (χ4v) is 2.82.